The molecule has 0 aliphatic carbocycles. The number of carbonyl (C=O) groups excluding carboxylic acids is 1. The van der Waals surface area contributed by atoms with Gasteiger partial charge in [0.25, 0.3) is 17.2 Å². The lowest BCUT2D eigenvalue weighted by atomic mass is 10.3. The van der Waals surface area contributed by atoms with Crippen molar-refractivity contribution in [2.75, 3.05) is 0 Å². The van der Waals surface area contributed by atoms with Gasteiger partial charge in [-0.1, -0.05) is 18.7 Å². The molecule has 19 heavy (non-hydrogen) atoms. The summed E-state index contributed by atoms with van der Waals surface area (Å²) in [5.74, 6) is -0.863. The molecule has 1 aromatic heterocycles. The van der Waals surface area contributed by atoms with E-state index in [2.05, 4.69) is 11.9 Å². The quantitative estimate of drug-likeness (QED) is 0.331. The lowest BCUT2D eigenvalue weighted by Gasteiger charge is -2.09. The number of hydrogen-bond acceptors (Lipinski definition) is 4. The van der Waals surface area contributed by atoms with Gasteiger partial charge in [-0.3, -0.25) is 4.79 Å². The van der Waals surface area contributed by atoms with Gasteiger partial charge in [0.05, 0.1) is 0 Å². The summed E-state index contributed by atoms with van der Waals surface area (Å²) in [4.78, 5) is 11.7. The maximum atomic E-state index is 12.0. The minimum Gasteiger partial charge on any atom is -0.618 e. The van der Waals surface area contributed by atoms with Crippen molar-refractivity contribution in [3.63, 3.8) is 0 Å². The fourth-order valence-corrected chi connectivity index (χ4v) is 1.60. The standard InChI is InChI=1S/C12H11N3O4/c1-2-11(16)13-12(17)10-7-14(18)8-5-3-4-6-9(8)15(10)19/h2-7,11,16H,1H2,(H,13,17). The normalized spacial score (nSPS) is 12.1. The smallest absolute Gasteiger partial charge is 0.347 e. The average Bonchev–Trinajstić information content (AvgIpc) is 2.42. The Balaban J connectivity index is 2.53. The molecule has 2 aromatic rings. The molecule has 7 heteroatoms. The molecule has 0 aliphatic rings. The number of carbonyl (C=O) groups is 1. The van der Waals surface area contributed by atoms with Gasteiger partial charge in [0.1, 0.15) is 6.23 Å². The molecular formula is C12H11N3O4. The highest BCUT2D eigenvalue weighted by Crippen LogP contribution is 2.05. The van der Waals surface area contributed by atoms with Crippen LogP contribution in [0.1, 0.15) is 10.5 Å². The molecule has 0 radical (unpaired) electrons. The number of aromatic nitrogens is 2. The highest BCUT2D eigenvalue weighted by molar-refractivity contribution is 5.91. The van der Waals surface area contributed by atoms with E-state index >= 15 is 0 Å². The Kier molecular flexibility index (Phi) is 3.30. The van der Waals surface area contributed by atoms with Crippen LogP contribution in [-0.4, -0.2) is 17.2 Å². The van der Waals surface area contributed by atoms with E-state index in [9.17, 15) is 20.3 Å². The Bertz CT molecular complexity index is 657. The molecule has 0 bridgehead atoms. The van der Waals surface area contributed by atoms with E-state index in [1.54, 1.807) is 12.1 Å². The molecular weight excluding hydrogens is 250 g/mol. The predicted molar refractivity (Wildman–Crippen MR) is 65.5 cm³/mol. The fourth-order valence-electron chi connectivity index (χ4n) is 1.60. The molecule has 1 atom stereocenters. The van der Waals surface area contributed by atoms with Crippen molar-refractivity contribution in [2.24, 2.45) is 0 Å². The molecule has 0 fully saturated rings. The fraction of sp³-hybridized carbons (Fsp3) is 0.0833. The summed E-state index contributed by atoms with van der Waals surface area (Å²) in [6.07, 6.45) is 0.652. The molecule has 98 valence electrons. The number of aliphatic hydroxyl groups excluding tert-OH is 1. The maximum absolute atomic E-state index is 12.0. The van der Waals surface area contributed by atoms with Crippen molar-refractivity contribution in [1.29, 1.82) is 0 Å². The highest BCUT2D eigenvalue weighted by Gasteiger charge is 2.25. The van der Waals surface area contributed by atoms with Crippen LogP contribution in [0.15, 0.2) is 43.1 Å². The zero-order valence-electron chi connectivity index (χ0n) is 9.81. The number of fused-ring (bicyclic) bond motifs is 1. The first kappa shape index (κ1) is 12.8. The van der Waals surface area contributed by atoms with Crippen molar-refractivity contribution in [1.82, 2.24) is 5.32 Å². The van der Waals surface area contributed by atoms with Crippen LogP contribution >= 0.6 is 0 Å². The summed E-state index contributed by atoms with van der Waals surface area (Å²) in [5.41, 5.74) is -0.189. The first-order chi connectivity index (χ1) is 9.04. The van der Waals surface area contributed by atoms with Crippen LogP contribution in [0.2, 0.25) is 0 Å². The molecule has 2 N–H and O–H groups in total. The molecule has 1 unspecified atom stereocenters. The molecule has 0 saturated heterocycles. The van der Waals surface area contributed by atoms with Crippen LogP contribution in [-0.2, 0) is 0 Å². The van der Waals surface area contributed by atoms with Crippen LogP contribution in [0.25, 0.3) is 11.0 Å². The number of rotatable bonds is 3. The lowest BCUT2D eigenvalue weighted by molar-refractivity contribution is -0.630. The maximum Gasteiger partial charge on any atom is 0.347 e. The van der Waals surface area contributed by atoms with Gasteiger partial charge < -0.3 is 20.8 Å². The van der Waals surface area contributed by atoms with Crippen molar-refractivity contribution in [2.45, 2.75) is 6.23 Å². The highest BCUT2D eigenvalue weighted by atomic mass is 16.5. The second-order valence-corrected chi connectivity index (χ2v) is 3.78. The van der Waals surface area contributed by atoms with Crippen molar-refractivity contribution >= 4 is 16.9 Å². The largest absolute Gasteiger partial charge is 0.618 e. The van der Waals surface area contributed by atoms with Gasteiger partial charge in [-0.15, -0.1) is 4.73 Å². The molecule has 0 saturated carbocycles. The molecule has 0 spiro atoms. The van der Waals surface area contributed by atoms with Gasteiger partial charge in [0.2, 0.25) is 0 Å². The Labute approximate surface area is 108 Å². The van der Waals surface area contributed by atoms with Gasteiger partial charge in [0, 0.05) is 12.1 Å². The van der Waals surface area contributed by atoms with Gasteiger partial charge in [-0.2, -0.15) is 4.73 Å². The third-order valence-corrected chi connectivity index (χ3v) is 2.53. The van der Waals surface area contributed by atoms with Gasteiger partial charge in [0.15, 0.2) is 0 Å². The van der Waals surface area contributed by atoms with E-state index in [1.165, 1.54) is 12.1 Å². The second-order valence-electron chi connectivity index (χ2n) is 3.78. The summed E-state index contributed by atoms with van der Waals surface area (Å²) in [6, 6.07) is 6.09. The van der Waals surface area contributed by atoms with Gasteiger partial charge >= 0.3 is 11.6 Å². The summed E-state index contributed by atoms with van der Waals surface area (Å²) in [5, 5.41) is 35.0. The van der Waals surface area contributed by atoms with Crippen LogP contribution < -0.4 is 14.8 Å². The Morgan fingerprint density at radius 2 is 2.00 bits per heavy atom. The van der Waals surface area contributed by atoms with E-state index in [0.29, 0.717) is 9.46 Å². The molecule has 1 aromatic carbocycles. The number of benzene rings is 1. The van der Waals surface area contributed by atoms with E-state index < -0.39 is 17.8 Å². The third-order valence-electron chi connectivity index (χ3n) is 2.53. The first-order valence-electron chi connectivity index (χ1n) is 5.40. The predicted octanol–water partition coefficient (Wildman–Crippen LogP) is -0.659. The van der Waals surface area contributed by atoms with Gasteiger partial charge in [-0.25, -0.2) is 0 Å². The number of aliphatic hydroxyl groups is 1. The number of nitrogens with zero attached hydrogens (tertiary/aromatic N) is 2. The zero-order chi connectivity index (χ0) is 14.0. The number of hydrogen-bond donors (Lipinski definition) is 2. The Morgan fingerprint density at radius 1 is 1.37 bits per heavy atom. The second kappa shape index (κ2) is 4.91. The van der Waals surface area contributed by atoms with E-state index in [-0.39, 0.29) is 11.0 Å². The molecule has 0 aliphatic heterocycles. The summed E-state index contributed by atoms with van der Waals surface area (Å²) in [7, 11) is 0. The monoisotopic (exact) mass is 261 g/mol. The number of amides is 1. The van der Waals surface area contributed by atoms with Crippen LogP contribution in [0.5, 0.6) is 0 Å². The van der Waals surface area contributed by atoms with Crippen LogP contribution in [0.3, 0.4) is 0 Å². The number of para-hydroxylation sites is 2. The van der Waals surface area contributed by atoms with E-state index in [4.69, 9.17) is 0 Å². The zero-order valence-corrected chi connectivity index (χ0v) is 9.81. The minimum absolute atomic E-state index is 0.0678. The minimum atomic E-state index is -1.29. The van der Waals surface area contributed by atoms with Gasteiger partial charge in [-0.05, 0) is 6.08 Å². The number of nitrogens with one attached hydrogen (secondary N) is 1. The van der Waals surface area contributed by atoms with E-state index in [0.717, 1.165) is 12.3 Å². The van der Waals surface area contributed by atoms with Crippen molar-refractivity contribution < 1.29 is 19.4 Å². The topological polar surface area (TPSA) is 103 Å². The molecule has 2 rings (SSSR count). The van der Waals surface area contributed by atoms with Crippen molar-refractivity contribution in [3.05, 3.63) is 59.2 Å². The Hall–Kier alpha value is -2.67. The first-order valence-corrected chi connectivity index (χ1v) is 5.40. The lowest BCUT2D eigenvalue weighted by Crippen LogP contribution is -2.47. The summed E-state index contributed by atoms with van der Waals surface area (Å²) < 4.78 is 0.772. The SMILES string of the molecule is C=CC(O)NC(=O)c1c[n+]([O-])c2ccccc2[n+]1[O-]. The third kappa shape index (κ3) is 2.31. The molecule has 7 nitrogen and oxygen atoms in total. The summed E-state index contributed by atoms with van der Waals surface area (Å²) >= 11 is 0. The van der Waals surface area contributed by atoms with Crippen LogP contribution in [0, 0.1) is 10.4 Å². The van der Waals surface area contributed by atoms with Crippen LogP contribution in [0.4, 0.5) is 0 Å². The average molecular weight is 261 g/mol. The molecule has 1 heterocycles. The van der Waals surface area contributed by atoms with Crippen molar-refractivity contribution in [3.8, 4) is 0 Å². The Morgan fingerprint density at radius 3 is 2.63 bits per heavy atom. The summed E-state index contributed by atoms with van der Waals surface area (Å²) in [6.45, 7) is 3.28. The molecule has 1 amide bonds. The van der Waals surface area contributed by atoms with E-state index in [1.807, 2.05) is 0 Å².